The van der Waals surface area contributed by atoms with Gasteiger partial charge in [-0.15, -0.1) is 0 Å². The first kappa shape index (κ1) is 11.1. The molecule has 86 valence electrons. The third kappa shape index (κ3) is 2.42. The van der Waals surface area contributed by atoms with Gasteiger partial charge < -0.3 is 10.2 Å². The highest BCUT2D eigenvalue weighted by Gasteiger charge is 2.26. The minimum Gasteiger partial charge on any atom is -0.341 e. The quantitative estimate of drug-likeness (QED) is 0.827. The van der Waals surface area contributed by atoms with E-state index in [-0.39, 0.29) is 5.91 Å². The van der Waals surface area contributed by atoms with Gasteiger partial charge in [0.25, 0.3) is 0 Å². The molecular formula is C13H18N2O. The van der Waals surface area contributed by atoms with E-state index in [0.717, 1.165) is 19.5 Å². The van der Waals surface area contributed by atoms with E-state index in [1.807, 2.05) is 18.0 Å². The monoisotopic (exact) mass is 218 g/mol. The third-order valence-electron chi connectivity index (χ3n) is 3.14. The summed E-state index contributed by atoms with van der Waals surface area (Å²) in [6, 6.07) is 10.5. The van der Waals surface area contributed by atoms with E-state index < -0.39 is 0 Å². The van der Waals surface area contributed by atoms with Crippen LogP contribution in [0.4, 0.5) is 0 Å². The van der Waals surface area contributed by atoms with Gasteiger partial charge >= 0.3 is 0 Å². The minimum atomic E-state index is 0.209. The molecule has 0 bridgehead atoms. The van der Waals surface area contributed by atoms with Crippen LogP contribution in [0.1, 0.15) is 17.9 Å². The van der Waals surface area contributed by atoms with Crippen LogP contribution >= 0.6 is 0 Å². The molecule has 1 aliphatic rings. The summed E-state index contributed by atoms with van der Waals surface area (Å²) in [5.41, 5.74) is 1.35. The molecule has 1 atom stereocenters. The zero-order chi connectivity index (χ0) is 11.4. The van der Waals surface area contributed by atoms with Crippen molar-refractivity contribution in [1.82, 2.24) is 10.2 Å². The molecule has 0 aromatic heterocycles. The predicted molar refractivity (Wildman–Crippen MR) is 64.3 cm³/mol. The first-order valence-corrected chi connectivity index (χ1v) is 5.78. The molecule has 2 rings (SSSR count). The standard InChI is InChI=1S/C13H18N2O/c1-14-9-13(16)15-8-7-12(10-15)11-5-3-2-4-6-11/h2-6,12,14H,7-10H2,1H3. The van der Waals surface area contributed by atoms with Crippen molar-refractivity contribution < 1.29 is 4.79 Å². The number of nitrogens with one attached hydrogen (secondary N) is 1. The van der Waals surface area contributed by atoms with Gasteiger partial charge in [0, 0.05) is 19.0 Å². The van der Waals surface area contributed by atoms with Gasteiger partial charge in [-0.1, -0.05) is 30.3 Å². The van der Waals surface area contributed by atoms with E-state index in [2.05, 4.69) is 29.6 Å². The van der Waals surface area contributed by atoms with Crippen LogP contribution in [-0.4, -0.2) is 37.5 Å². The Hall–Kier alpha value is -1.35. The summed E-state index contributed by atoms with van der Waals surface area (Å²) in [4.78, 5) is 13.6. The molecule has 0 saturated carbocycles. The molecule has 1 N–H and O–H groups in total. The number of carbonyl (C=O) groups is 1. The molecule has 1 saturated heterocycles. The predicted octanol–water partition coefficient (Wildman–Crippen LogP) is 1.22. The number of likely N-dealkylation sites (N-methyl/N-ethyl adjacent to an activating group) is 1. The highest BCUT2D eigenvalue weighted by molar-refractivity contribution is 5.78. The minimum absolute atomic E-state index is 0.209. The maximum Gasteiger partial charge on any atom is 0.236 e. The SMILES string of the molecule is CNCC(=O)N1CCC(c2ccccc2)C1. The normalized spacial score (nSPS) is 20.1. The summed E-state index contributed by atoms with van der Waals surface area (Å²) < 4.78 is 0. The van der Waals surface area contributed by atoms with Gasteiger partial charge in [-0.05, 0) is 19.0 Å². The number of hydrogen-bond acceptors (Lipinski definition) is 2. The Bertz CT molecular complexity index is 350. The van der Waals surface area contributed by atoms with Crippen molar-refractivity contribution in [2.45, 2.75) is 12.3 Å². The van der Waals surface area contributed by atoms with Crippen molar-refractivity contribution >= 4 is 5.91 Å². The summed E-state index contributed by atoms with van der Waals surface area (Å²) in [5.74, 6) is 0.725. The molecule has 1 heterocycles. The zero-order valence-electron chi connectivity index (χ0n) is 9.65. The average molecular weight is 218 g/mol. The summed E-state index contributed by atoms with van der Waals surface area (Å²) >= 11 is 0. The lowest BCUT2D eigenvalue weighted by Crippen LogP contribution is -2.35. The fourth-order valence-corrected chi connectivity index (χ4v) is 2.25. The van der Waals surface area contributed by atoms with Crippen molar-refractivity contribution in [3.8, 4) is 0 Å². The Labute approximate surface area is 96.5 Å². The largest absolute Gasteiger partial charge is 0.341 e. The number of rotatable bonds is 3. The topological polar surface area (TPSA) is 32.3 Å². The number of nitrogens with zero attached hydrogens (tertiary/aromatic N) is 1. The summed E-state index contributed by atoms with van der Waals surface area (Å²) in [6.07, 6.45) is 1.08. The van der Waals surface area contributed by atoms with Crippen LogP contribution in [0.15, 0.2) is 30.3 Å². The molecule has 16 heavy (non-hydrogen) atoms. The van der Waals surface area contributed by atoms with Crippen LogP contribution < -0.4 is 5.32 Å². The number of hydrogen-bond donors (Lipinski definition) is 1. The van der Waals surface area contributed by atoms with E-state index >= 15 is 0 Å². The Morgan fingerprint density at radius 2 is 2.19 bits per heavy atom. The lowest BCUT2D eigenvalue weighted by molar-refractivity contribution is -0.129. The first-order valence-electron chi connectivity index (χ1n) is 5.78. The van der Waals surface area contributed by atoms with Crippen molar-refractivity contribution in [3.05, 3.63) is 35.9 Å². The molecule has 0 spiro atoms. The number of benzene rings is 1. The highest BCUT2D eigenvalue weighted by atomic mass is 16.2. The van der Waals surface area contributed by atoms with Gasteiger partial charge in [0.1, 0.15) is 0 Å². The van der Waals surface area contributed by atoms with Gasteiger partial charge in [0.05, 0.1) is 6.54 Å². The molecule has 1 amide bonds. The van der Waals surface area contributed by atoms with Crippen LogP contribution in [0.5, 0.6) is 0 Å². The molecule has 1 unspecified atom stereocenters. The van der Waals surface area contributed by atoms with Crippen molar-refractivity contribution in [3.63, 3.8) is 0 Å². The lowest BCUT2D eigenvalue weighted by Gasteiger charge is -2.16. The number of likely N-dealkylation sites (tertiary alicyclic amines) is 1. The maximum atomic E-state index is 11.7. The molecule has 1 aromatic rings. The van der Waals surface area contributed by atoms with Gasteiger partial charge in [0.15, 0.2) is 0 Å². The highest BCUT2D eigenvalue weighted by Crippen LogP contribution is 2.26. The second-order valence-electron chi connectivity index (χ2n) is 4.27. The molecule has 3 nitrogen and oxygen atoms in total. The molecule has 3 heteroatoms. The summed E-state index contributed by atoms with van der Waals surface area (Å²) in [7, 11) is 1.81. The second-order valence-corrected chi connectivity index (χ2v) is 4.27. The first-order chi connectivity index (χ1) is 7.81. The molecule has 1 fully saturated rings. The molecule has 1 aromatic carbocycles. The van der Waals surface area contributed by atoms with Crippen LogP contribution in [-0.2, 0) is 4.79 Å². The van der Waals surface area contributed by atoms with Crippen LogP contribution in [0.2, 0.25) is 0 Å². The van der Waals surface area contributed by atoms with E-state index in [1.54, 1.807) is 0 Å². The number of carbonyl (C=O) groups excluding carboxylic acids is 1. The Balaban J connectivity index is 1.96. The smallest absolute Gasteiger partial charge is 0.236 e. The van der Waals surface area contributed by atoms with Crippen molar-refractivity contribution in [1.29, 1.82) is 0 Å². The van der Waals surface area contributed by atoms with E-state index in [0.29, 0.717) is 12.5 Å². The average Bonchev–Trinajstić information content (AvgIpc) is 2.80. The molecule has 0 aliphatic carbocycles. The van der Waals surface area contributed by atoms with Crippen LogP contribution in [0, 0.1) is 0 Å². The van der Waals surface area contributed by atoms with Gasteiger partial charge in [-0.25, -0.2) is 0 Å². The fraction of sp³-hybridized carbons (Fsp3) is 0.462. The third-order valence-corrected chi connectivity index (χ3v) is 3.14. The molecule has 0 radical (unpaired) electrons. The van der Waals surface area contributed by atoms with Crippen LogP contribution in [0.3, 0.4) is 0 Å². The molecular weight excluding hydrogens is 200 g/mol. The Morgan fingerprint density at radius 3 is 2.88 bits per heavy atom. The van der Waals surface area contributed by atoms with Gasteiger partial charge in [-0.3, -0.25) is 4.79 Å². The maximum absolute atomic E-state index is 11.7. The summed E-state index contributed by atoms with van der Waals surface area (Å²) in [5, 5.41) is 2.91. The molecule has 1 aliphatic heterocycles. The zero-order valence-corrected chi connectivity index (χ0v) is 9.65. The lowest BCUT2D eigenvalue weighted by atomic mass is 9.99. The van der Waals surface area contributed by atoms with E-state index in [1.165, 1.54) is 5.56 Å². The Kier molecular flexibility index (Phi) is 3.57. The van der Waals surface area contributed by atoms with E-state index in [9.17, 15) is 4.79 Å². The van der Waals surface area contributed by atoms with E-state index in [4.69, 9.17) is 0 Å². The van der Waals surface area contributed by atoms with Crippen molar-refractivity contribution in [2.75, 3.05) is 26.7 Å². The van der Waals surface area contributed by atoms with Crippen LogP contribution in [0.25, 0.3) is 0 Å². The van der Waals surface area contributed by atoms with Crippen molar-refractivity contribution in [2.24, 2.45) is 0 Å². The second kappa shape index (κ2) is 5.12. The van der Waals surface area contributed by atoms with Gasteiger partial charge in [-0.2, -0.15) is 0 Å². The number of amides is 1. The fourth-order valence-electron chi connectivity index (χ4n) is 2.25. The summed E-state index contributed by atoms with van der Waals surface area (Å²) in [6.45, 7) is 2.20. The Morgan fingerprint density at radius 1 is 1.44 bits per heavy atom. The van der Waals surface area contributed by atoms with Gasteiger partial charge in [0.2, 0.25) is 5.91 Å².